The number of oxime groups is 1. The summed E-state index contributed by atoms with van der Waals surface area (Å²) in [5.74, 6) is -5.44. The number of nitrogens with zero attached hydrogens (tertiary/aromatic N) is 4. The summed E-state index contributed by atoms with van der Waals surface area (Å²) in [5, 5.41) is 29.5. The van der Waals surface area contributed by atoms with Gasteiger partial charge in [0.2, 0.25) is 6.10 Å². The number of benzene rings is 1. The number of ketones is 1. The number of hydrogen-bond acceptors (Lipinski definition) is 14. The molecule has 14 atom stereocenters. The Morgan fingerprint density at radius 1 is 1.03 bits per heavy atom. The first-order valence-corrected chi connectivity index (χ1v) is 21.6. The van der Waals surface area contributed by atoms with E-state index in [0.29, 0.717) is 12.1 Å². The third kappa shape index (κ3) is 10.1. The predicted octanol–water partition coefficient (Wildman–Crippen LogP) is 4.94. The van der Waals surface area contributed by atoms with Crippen molar-refractivity contribution < 1.29 is 53.1 Å². The quantitative estimate of drug-likeness (QED) is 0.282. The molecular formula is C46H64N4O11. The van der Waals surface area contributed by atoms with E-state index in [1.54, 1.807) is 27.0 Å². The predicted molar refractivity (Wildman–Crippen MR) is 229 cm³/mol. The molecule has 1 aromatic heterocycles. The average molecular weight is 849 g/mol. The molecule has 5 heterocycles. The molecule has 4 bridgehead atoms. The second-order valence-corrected chi connectivity index (χ2v) is 18.1. The molecule has 15 nitrogen and oxygen atoms in total. The Hall–Kier alpha value is -3.96. The normalized spacial score (nSPS) is 39.2. The number of aliphatic hydroxyl groups excluding tert-OH is 1. The first-order chi connectivity index (χ1) is 28.8. The Kier molecular flexibility index (Phi) is 14.6. The van der Waals surface area contributed by atoms with Gasteiger partial charge in [-0.05, 0) is 84.7 Å². The van der Waals surface area contributed by atoms with Gasteiger partial charge in [0, 0.05) is 41.6 Å². The third-order valence-corrected chi connectivity index (χ3v) is 12.9. The standard InChI is InChI=1S/C46H64N4O11/c1-11-36-46(8,55)41-27(4)37-25(2)21-45(7,40(28(5)38(51)29(6)43(54)59-36)60-44-39(52)34(50(9)10)19-26(3)58-44)57-24-32(23-56-41)49-61-35(42(53)48-37)18-14-15-30-20-31-16-12-13-17-33(31)47-22-30/h12-17,20,22,25-29,34-36,39-41,44,52,55H,11,18-19,21,23-24H2,1-10H3/b15-14+,48-37?,49-32+/t25-,26-,27-,28+,29-,34+,35?,36-,39-,40-,41+,44+,45-,46-/m1/s1. The van der Waals surface area contributed by atoms with Crippen molar-refractivity contribution in [2.45, 2.75) is 141 Å². The van der Waals surface area contributed by atoms with Crippen LogP contribution < -0.4 is 0 Å². The lowest BCUT2D eigenvalue weighted by atomic mass is 9.73. The molecule has 0 saturated carbocycles. The number of para-hydroxylation sites is 1. The Labute approximate surface area is 358 Å². The van der Waals surface area contributed by atoms with Crippen molar-refractivity contribution in [2.75, 3.05) is 27.3 Å². The summed E-state index contributed by atoms with van der Waals surface area (Å²) >= 11 is 0. The van der Waals surface area contributed by atoms with Gasteiger partial charge in [-0.2, -0.15) is 0 Å². The van der Waals surface area contributed by atoms with E-state index in [-0.39, 0.29) is 50.3 Å². The van der Waals surface area contributed by atoms with Gasteiger partial charge in [-0.3, -0.25) is 19.4 Å². The molecule has 6 rings (SSSR count). The van der Waals surface area contributed by atoms with Crippen molar-refractivity contribution in [3.8, 4) is 0 Å². The van der Waals surface area contributed by atoms with Crippen molar-refractivity contribution in [3.63, 3.8) is 0 Å². The number of cyclic esters (lactones) is 1. The molecule has 61 heavy (non-hydrogen) atoms. The maximum Gasteiger partial charge on any atom is 0.316 e. The number of rotatable bonds is 7. The van der Waals surface area contributed by atoms with E-state index >= 15 is 0 Å². The molecule has 0 spiro atoms. The van der Waals surface area contributed by atoms with E-state index in [1.807, 2.05) is 82.3 Å². The number of likely N-dealkylation sites (N-methyl/N-ethyl adjacent to an activating group) is 1. The molecular weight excluding hydrogens is 785 g/mol. The van der Waals surface area contributed by atoms with E-state index < -0.39 is 89.3 Å². The Morgan fingerprint density at radius 3 is 2.49 bits per heavy atom. The fraction of sp³-hybridized carbons (Fsp3) is 0.652. The van der Waals surface area contributed by atoms with Gasteiger partial charge in [0.1, 0.15) is 29.4 Å². The minimum atomic E-state index is -1.83. The molecule has 1 aromatic carbocycles. The number of fused-ring (bicyclic) bond motifs is 5. The highest BCUT2D eigenvalue weighted by Gasteiger charge is 2.53. The Morgan fingerprint density at radius 2 is 1.77 bits per heavy atom. The highest BCUT2D eigenvalue weighted by atomic mass is 16.7. The van der Waals surface area contributed by atoms with Crippen molar-refractivity contribution in [1.82, 2.24) is 9.88 Å². The number of aliphatic imine (C=N–C) groups is 1. The number of carbonyl (C=O) groups is 3. The van der Waals surface area contributed by atoms with Gasteiger partial charge in [0.25, 0.3) is 5.91 Å². The maximum absolute atomic E-state index is 14.5. The summed E-state index contributed by atoms with van der Waals surface area (Å²) in [7, 11) is 3.74. The summed E-state index contributed by atoms with van der Waals surface area (Å²) in [4.78, 5) is 60.0. The lowest BCUT2D eigenvalue weighted by Gasteiger charge is -2.47. The number of esters is 1. The van der Waals surface area contributed by atoms with Crippen LogP contribution in [0.2, 0.25) is 0 Å². The molecule has 4 aliphatic heterocycles. The van der Waals surface area contributed by atoms with Crippen LogP contribution in [0.4, 0.5) is 0 Å². The van der Waals surface area contributed by atoms with Gasteiger partial charge < -0.3 is 43.6 Å². The summed E-state index contributed by atoms with van der Waals surface area (Å²) in [6.45, 7) is 13.5. The Bertz CT molecular complexity index is 2000. The number of ether oxygens (including phenoxy) is 5. The second kappa shape index (κ2) is 19.2. The van der Waals surface area contributed by atoms with Crippen LogP contribution in [0.3, 0.4) is 0 Å². The molecule has 0 radical (unpaired) electrons. The van der Waals surface area contributed by atoms with Crippen molar-refractivity contribution in [2.24, 2.45) is 33.8 Å². The molecule has 15 heteroatoms. The number of Topliss-reactive ketones (excluding diaryl/α,β-unsaturated/α-hetero) is 1. The van der Waals surface area contributed by atoms with Crippen LogP contribution in [-0.2, 0) is 42.9 Å². The van der Waals surface area contributed by atoms with E-state index in [1.165, 1.54) is 13.8 Å². The van der Waals surface area contributed by atoms with Crippen molar-refractivity contribution >= 4 is 46.1 Å². The third-order valence-electron chi connectivity index (χ3n) is 12.9. The topological polar surface area (TPSA) is 188 Å². The van der Waals surface area contributed by atoms with Gasteiger partial charge in [0.15, 0.2) is 12.1 Å². The minimum absolute atomic E-state index is 0.125. The summed E-state index contributed by atoms with van der Waals surface area (Å²) < 4.78 is 32.4. The molecule has 4 aliphatic rings. The van der Waals surface area contributed by atoms with E-state index in [9.17, 15) is 24.6 Å². The zero-order chi connectivity index (χ0) is 44.4. The molecule has 3 saturated heterocycles. The number of carbonyl (C=O) groups excluding carboxylic acids is 3. The maximum atomic E-state index is 14.5. The zero-order valence-corrected chi connectivity index (χ0v) is 37.1. The van der Waals surface area contributed by atoms with Gasteiger partial charge in [-0.1, -0.05) is 63.2 Å². The van der Waals surface area contributed by atoms with Crippen LogP contribution in [-0.4, -0.2) is 137 Å². The monoisotopic (exact) mass is 848 g/mol. The van der Waals surface area contributed by atoms with Crippen molar-refractivity contribution in [1.29, 1.82) is 0 Å². The lowest BCUT2D eigenvalue weighted by Crippen LogP contribution is -2.60. The van der Waals surface area contributed by atoms with Gasteiger partial charge >= 0.3 is 5.97 Å². The molecule has 1 amide bonds. The smallest absolute Gasteiger partial charge is 0.316 e. The number of pyridine rings is 1. The first-order valence-electron chi connectivity index (χ1n) is 21.6. The highest BCUT2D eigenvalue weighted by molar-refractivity contribution is 6.01. The molecule has 3 fully saturated rings. The van der Waals surface area contributed by atoms with Crippen molar-refractivity contribution in [3.05, 3.63) is 48.2 Å². The van der Waals surface area contributed by atoms with E-state index in [4.69, 9.17) is 33.5 Å². The van der Waals surface area contributed by atoms with Crippen LogP contribution in [0, 0.1) is 23.7 Å². The fourth-order valence-corrected chi connectivity index (χ4v) is 9.46. The van der Waals surface area contributed by atoms with Gasteiger partial charge in [-0.25, -0.2) is 4.99 Å². The summed E-state index contributed by atoms with van der Waals surface area (Å²) in [6.07, 6.45) is -0.545. The molecule has 0 aliphatic carbocycles. The second-order valence-electron chi connectivity index (χ2n) is 18.1. The SMILES string of the molecule is CC[C@H]1OC(=O)[C@H](C)C(=O)[C@H](C)[C@@H](O[C@@H]2O[C@H](C)C[C@H](N(C)C)[C@H]2O)[C@@]2(C)C[C@@H](C)C3=NC(=O)C(C/C=C/c4cnc5ccccc5c4)O/N=C(\CO[C@@H]([C@@H]3C)[C@]1(C)O)CO2. The van der Waals surface area contributed by atoms with Gasteiger partial charge in [0.05, 0.1) is 42.6 Å². The van der Waals surface area contributed by atoms with Crippen LogP contribution in [0.5, 0.6) is 0 Å². The van der Waals surface area contributed by atoms with Crippen LogP contribution in [0.1, 0.15) is 86.6 Å². The van der Waals surface area contributed by atoms with Crippen LogP contribution in [0.15, 0.2) is 52.8 Å². The molecule has 2 aromatic rings. The van der Waals surface area contributed by atoms with Crippen LogP contribution in [0.25, 0.3) is 17.0 Å². The van der Waals surface area contributed by atoms with Crippen LogP contribution >= 0.6 is 0 Å². The number of aliphatic hydroxyl groups is 2. The van der Waals surface area contributed by atoms with E-state index in [2.05, 4.69) is 10.1 Å². The largest absolute Gasteiger partial charge is 0.459 e. The number of amides is 1. The molecule has 1 unspecified atom stereocenters. The first kappa shape index (κ1) is 46.5. The zero-order valence-electron chi connectivity index (χ0n) is 37.1. The fourth-order valence-electron chi connectivity index (χ4n) is 9.46. The lowest BCUT2D eigenvalue weighted by molar-refractivity contribution is -0.296. The Balaban J connectivity index is 1.46. The highest BCUT2D eigenvalue weighted by Crippen LogP contribution is 2.40. The summed E-state index contributed by atoms with van der Waals surface area (Å²) in [6, 6.07) is 9.49. The average Bonchev–Trinajstić information content (AvgIpc) is 3.25. The summed E-state index contributed by atoms with van der Waals surface area (Å²) in [5.41, 5.74) is -0.859. The molecule has 334 valence electrons. The van der Waals surface area contributed by atoms with E-state index in [0.717, 1.165) is 16.5 Å². The molecule has 2 N–H and O–H groups in total. The van der Waals surface area contributed by atoms with Gasteiger partial charge in [-0.15, -0.1) is 0 Å². The number of hydrogen-bond donors (Lipinski definition) is 2. The number of aromatic nitrogens is 1. The minimum Gasteiger partial charge on any atom is -0.459 e.